The predicted molar refractivity (Wildman–Crippen MR) is 67.0 cm³/mol. The van der Waals surface area contributed by atoms with Gasteiger partial charge in [-0.1, -0.05) is 36.4 Å². The van der Waals surface area contributed by atoms with Gasteiger partial charge < -0.3 is 10.8 Å². The van der Waals surface area contributed by atoms with Crippen LogP contribution in [0.15, 0.2) is 30.3 Å². The van der Waals surface area contributed by atoms with Gasteiger partial charge in [0.1, 0.15) is 0 Å². The maximum absolute atomic E-state index is 9.74. The molecule has 1 aliphatic carbocycles. The molecule has 0 unspecified atom stereocenters. The highest BCUT2D eigenvalue weighted by molar-refractivity contribution is 5.49. The summed E-state index contributed by atoms with van der Waals surface area (Å²) in [5.74, 6) is 0. The maximum Gasteiger partial charge on any atom is 0.0653 e. The predicted octanol–water partition coefficient (Wildman–Crippen LogP) is 2.12. The van der Waals surface area contributed by atoms with Crippen LogP contribution >= 0.6 is 0 Å². The summed E-state index contributed by atoms with van der Waals surface area (Å²) in [5.41, 5.74) is 7.54. The number of aryl methyl sites for hydroxylation is 1. The zero-order chi connectivity index (χ0) is 11.4. The van der Waals surface area contributed by atoms with E-state index in [1.54, 1.807) is 0 Å². The lowest BCUT2D eigenvalue weighted by Gasteiger charge is -2.07. The summed E-state index contributed by atoms with van der Waals surface area (Å²) < 4.78 is 0. The second kappa shape index (κ2) is 4.81. The lowest BCUT2D eigenvalue weighted by molar-refractivity contribution is 0.140. The molecule has 2 rings (SSSR count). The minimum Gasteiger partial charge on any atom is -0.390 e. The number of benzene rings is 1. The zero-order valence-electron chi connectivity index (χ0n) is 9.52. The molecule has 0 atom stereocenters. The van der Waals surface area contributed by atoms with E-state index in [0.29, 0.717) is 6.54 Å². The first-order chi connectivity index (χ1) is 7.72. The Labute approximate surface area is 96.8 Å². The third-order valence-electron chi connectivity index (χ3n) is 3.13. The number of hydrogen-bond donors (Lipinski definition) is 2. The van der Waals surface area contributed by atoms with Crippen LogP contribution in [0.3, 0.4) is 0 Å². The van der Waals surface area contributed by atoms with Crippen LogP contribution in [0, 0.1) is 0 Å². The van der Waals surface area contributed by atoms with Crippen LogP contribution in [-0.2, 0) is 6.42 Å². The first-order valence-electron chi connectivity index (χ1n) is 5.90. The van der Waals surface area contributed by atoms with Crippen LogP contribution in [0.25, 0.3) is 6.08 Å². The van der Waals surface area contributed by atoms with Gasteiger partial charge in [0.15, 0.2) is 0 Å². The Morgan fingerprint density at radius 1 is 1.25 bits per heavy atom. The number of nitrogens with two attached hydrogens (primary N) is 1. The number of hydrogen-bond acceptors (Lipinski definition) is 2. The summed E-state index contributed by atoms with van der Waals surface area (Å²) in [6.45, 7) is 0.578. The van der Waals surface area contributed by atoms with Crippen molar-refractivity contribution >= 4 is 6.08 Å². The molecule has 1 aromatic rings. The molecule has 0 amide bonds. The summed E-state index contributed by atoms with van der Waals surface area (Å²) >= 11 is 0. The van der Waals surface area contributed by atoms with E-state index in [1.807, 2.05) is 12.2 Å². The molecule has 2 heteroatoms. The minimum absolute atomic E-state index is 0.335. The van der Waals surface area contributed by atoms with Crippen LogP contribution in [0.4, 0.5) is 0 Å². The van der Waals surface area contributed by atoms with Crippen molar-refractivity contribution in [1.29, 1.82) is 0 Å². The van der Waals surface area contributed by atoms with Crippen LogP contribution < -0.4 is 5.73 Å². The molecule has 0 aliphatic heterocycles. The second-order valence-corrected chi connectivity index (χ2v) is 4.60. The molecule has 1 aromatic carbocycles. The van der Waals surface area contributed by atoms with E-state index >= 15 is 0 Å². The van der Waals surface area contributed by atoms with E-state index in [4.69, 9.17) is 5.73 Å². The third kappa shape index (κ3) is 3.19. The molecule has 16 heavy (non-hydrogen) atoms. The summed E-state index contributed by atoms with van der Waals surface area (Å²) in [4.78, 5) is 0. The lowest BCUT2D eigenvalue weighted by atomic mass is 10.0. The smallest absolute Gasteiger partial charge is 0.0653 e. The number of rotatable bonds is 5. The van der Waals surface area contributed by atoms with E-state index in [2.05, 4.69) is 24.3 Å². The summed E-state index contributed by atoms with van der Waals surface area (Å²) in [6, 6.07) is 8.45. The van der Waals surface area contributed by atoms with Gasteiger partial charge in [0.05, 0.1) is 5.60 Å². The van der Waals surface area contributed by atoms with Crippen molar-refractivity contribution in [2.75, 3.05) is 6.54 Å². The largest absolute Gasteiger partial charge is 0.390 e. The van der Waals surface area contributed by atoms with Crippen LogP contribution in [0.5, 0.6) is 0 Å². The fourth-order valence-corrected chi connectivity index (χ4v) is 1.77. The SMILES string of the molecule is NC/C=C/c1ccc(CCC2(O)CC2)cc1. The average molecular weight is 217 g/mol. The molecule has 1 fully saturated rings. The standard InChI is InChI=1S/C14H19NO/c15-11-1-2-12-3-5-13(6-4-12)7-8-14(16)9-10-14/h1-6,16H,7-11,15H2/b2-1+. The van der Waals surface area contributed by atoms with Crippen molar-refractivity contribution in [3.8, 4) is 0 Å². The third-order valence-corrected chi connectivity index (χ3v) is 3.13. The fourth-order valence-electron chi connectivity index (χ4n) is 1.77. The Hall–Kier alpha value is -1.12. The van der Waals surface area contributed by atoms with Crippen LogP contribution in [0.1, 0.15) is 30.4 Å². The average Bonchev–Trinajstić information content (AvgIpc) is 3.04. The summed E-state index contributed by atoms with van der Waals surface area (Å²) in [6.07, 6.45) is 7.79. The van der Waals surface area contributed by atoms with Crippen molar-refractivity contribution in [2.45, 2.75) is 31.3 Å². The first-order valence-corrected chi connectivity index (χ1v) is 5.90. The highest BCUT2D eigenvalue weighted by Crippen LogP contribution is 2.39. The van der Waals surface area contributed by atoms with Gasteiger partial charge in [-0.25, -0.2) is 0 Å². The van der Waals surface area contributed by atoms with Crippen molar-refractivity contribution in [3.63, 3.8) is 0 Å². The van der Waals surface area contributed by atoms with Crippen molar-refractivity contribution < 1.29 is 5.11 Å². The highest BCUT2D eigenvalue weighted by atomic mass is 16.3. The van der Waals surface area contributed by atoms with E-state index in [-0.39, 0.29) is 5.60 Å². The topological polar surface area (TPSA) is 46.2 Å². The molecular formula is C14H19NO. The maximum atomic E-state index is 9.74. The van der Waals surface area contributed by atoms with Crippen molar-refractivity contribution in [1.82, 2.24) is 0 Å². The normalized spacial score (nSPS) is 17.9. The summed E-state index contributed by atoms with van der Waals surface area (Å²) in [7, 11) is 0. The lowest BCUT2D eigenvalue weighted by Crippen LogP contribution is -2.07. The minimum atomic E-state index is -0.335. The Morgan fingerprint density at radius 2 is 1.94 bits per heavy atom. The Bertz CT molecular complexity index is 363. The highest BCUT2D eigenvalue weighted by Gasteiger charge is 2.39. The van der Waals surface area contributed by atoms with Crippen LogP contribution in [0.2, 0.25) is 0 Å². The molecule has 0 heterocycles. The Morgan fingerprint density at radius 3 is 2.50 bits per heavy atom. The van der Waals surface area contributed by atoms with E-state index < -0.39 is 0 Å². The number of aliphatic hydroxyl groups is 1. The molecule has 0 radical (unpaired) electrons. The molecule has 1 aliphatic rings. The Balaban J connectivity index is 1.88. The molecule has 2 nitrogen and oxygen atoms in total. The molecule has 3 N–H and O–H groups in total. The van der Waals surface area contributed by atoms with Crippen molar-refractivity contribution in [3.05, 3.63) is 41.5 Å². The monoisotopic (exact) mass is 217 g/mol. The van der Waals surface area contributed by atoms with Gasteiger partial charge >= 0.3 is 0 Å². The van der Waals surface area contributed by atoms with Gasteiger partial charge in [0.2, 0.25) is 0 Å². The van der Waals surface area contributed by atoms with Gasteiger partial charge in [-0.15, -0.1) is 0 Å². The molecule has 86 valence electrons. The molecule has 0 aromatic heterocycles. The Kier molecular flexibility index (Phi) is 3.42. The zero-order valence-corrected chi connectivity index (χ0v) is 9.52. The fraction of sp³-hybridized carbons (Fsp3) is 0.429. The molecule has 1 saturated carbocycles. The van der Waals surface area contributed by atoms with Gasteiger partial charge in [-0.3, -0.25) is 0 Å². The second-order valence-electron chi connectivity index (χ2n) is 4.60. The van der Waals surface area contributed by atoms with Crippen LogP contribution in [-0.4, -0.2) is 17.3 Å². The molecular weight excluding hydrogens is 198 g/mol. The molecule has 0 spiro atoms. The first kappa shape index (κ1) is 11.4. The summed E-state index contributed by atoms with van der Waals surface area (Å²) in [5, 5.41) is 9.74. The van der Waals surface area contributed by atoms with E-state index in [9.17, 15) is 5.11 Å². The van der Waals surface area contributed by atoms with Gasteiger partial charge in [-0.05, 0) is 36.8 Å². The molecule has 0 bridgehead atoms. The van der Waals surface area contributed by atoms with Gasteiger partial charge in [0.25, 0.3) is 0 Å². The molecule has 0 saturated heterocycles. The van der Waals surface area contributed by atoms with E-state index in [0.717, 1.165) is 25.7 Å². The van der Waals surface area contributed by atoms with E-state index in [1.165, 1.54) is 11.1 Å². The van der Waals surface area contributed by atoms with Crippen molar-refractivity contribution in [2.24, 2.45) is 5.73 Å². The van der Waals surface area contributed by atoms with Gasteiger partial charge in [0, 0.05) is 6.54 Å². The van der Waals surface area contributed by atoms with Gasteiger partial charge in [-0.2, -0.15) is 0 Å². The quantitative estimate of drug-likeness (QED) is 0.793.